The fourth-order valence-corrected chi connectivity index (χ4v) is 1.14. The molecule has 0 heterocycles. The minimum absolute atomic E-state index is 0.0535. The lowest BCUT2D eigenvalue weighted by Crippen LogP contribution is -2.30. The van der Waals surface area contributed by atoms with Gasteiger partial charge in [0, 0.05) is 5.16 Å². The highest BCUT2D eigenvalue weighted by atomic mass is 31.0. The van der Waals surface area contributed by atoms with Gasteiger partial charge < -0.3 is 10.2 Å². The van der Waals surface area contributed by atoms with Crippen LogP contribution >= 0.6 is 9.24 Å². The first-order valence-corrected chi connectivity index (χ1v) is 4.77. The predicted octanol–water partition coefficient (Wildman–Crippen LogP) is 1.17. The molecule has 0 spiro atoms. The Bertz CT molecular complexity index is 92.1. The summed E-state index contributed by atoms with van der Waals surface area (Å²) < 4.78 is 0. The lowest BCUT2D eigenvalue weighted by atomic mass is 10.0. The van der Waals surface area contributed by atoms with Crippen LogP contribution in [0.4, 0.5) is 0 Å². The molecule has 2 nitrogen and oxygen atoms in total. The summed E-state index contributed by atoms with van der Waals surface area (Å²) in [6.45, 7) is 2.25. The highest BCUT2D eigenvalue weighted by Crippen LogP contribution is 2.24. The molecule has 0 aliphatic carbocycles. The van der Waals surface area contributed by atoms with Crippen molar-refractivity contribution in [2.75, 3.05) is 13.2 Å². The molecule has 0 aromatic heterocycles. The number of rotatable bonds is 6. The third-order valence-electron chi connectivity index (χ3n) is 1.91. The van der Waals surface area contributed by atoms with Gasteiger partial charge >= 0.3 is 0 Å². The highest BCUT2D eigenvalue weighted by molar-refractivity contribution is 7.19. The maximum absolute atomic E-state index is 8.90. The smallest absolute Gasteiger partial charge is 0.0543 e. The molecule has 11 heavy (non-hydrogen) atoms. The molecule has 0 aromatic carbocycles. The van der Waals surface area contributed by atoms with Crippen molar-refractivity contribution < 1.29 is 10.2 Å². The molecule has 0 saturated carbocycles. The SMILES string of the molecule is CCCCCC(P)(CO)CO. The van der Waals surface area contributed by atoms with Gasteiger partial charge in [0.05, 0.1) is 13.2 Å². The topological polar surface area (TPSA) is 40.5 Å². The van der Waals surface area contributed by atoms with Crippen LogP contribution in [-0.2, 0) is 0 Å². The Morgan fingerprint density at radius 3 is 2.09 bits per heavy atom. The summed E-state index contributed by atoms with van der Waals surface area (Å²) in [4.78, 5) is 0. The van der Waals surface area contributed by atoms with Gasteiger partial charge in [0.1, 0.15) is 0 Å². The summed E-state index contributed by atoms with van der Waals surface area (Å²) in [6, 6.07) is 0. The lowest BCUT2D eigenvalue weighted by molar-refractivity contribution is 0.164. The molecule has 0 bridgehead atoms. The summed E-state index contributed by atoms with van der Waals surface area (Å²) >= 11 is 0. The van der Waals surface area contributed by atoms with Crippen molar-refractivity contribution in [1.29, 1.82) is 0 Å². The van der Waals surface area contributed by atoms with E-state index in [1.54, 1.807) is 0 Å². The molecule has 1 atom stereocenters. The van der Waals surface area contributed by atoms with Crippen LogP contribution in [0.1, 0.15) is 32.6 Å². The largest absolute Gasteiger partial charge is 0.395 e. The van der Waals surface area contributed by atoms with Crippen molar-refractivity contribution in [3.8, 4) is 0 Å². The Balaban J connectivity index is 3.51. The average Bonchev–Trinajstić information content (AvgIpc) is 2.05. The van der Waals surface area contributed by atoms with E-state index in [1.807, 2.05) is 0 Å². The first-order chi connectivity index (χ1) is 5.18. The Hall–Kier alpha value is 0.350. The van der Waals surface area contributed by atoms with Crippen molar-refractivity contribution in [3.05, 3.63) is 0 Å². The van der Waals surface area contributed by atoms with E-state index in [0.29, 0.717) is 0 Å². The zero-order valence-electron chi connectivity index (χ0n) is 7.21. The van der Waals surface area contributed by atoms with Gasteiger partial charge in [-0.25, -0.2) is 0 Å². The van der Waals surface area contributed by atoms with E-state index < -0.39 is 0 Å². The van der Waals surface area contributed by atoms with Crippen LogP contribution in [0, 0.1) is 0 Å². The quantitative estimate of drug-likeness (QED) is 0.473. The van der Waals surface area contributed by atoms with E-state index in [2.05, 4.69) is 16.2 Å². The molecule has 0 fully saturated rings. The summed E-state index contributed by atoms with van der Waals surface area (Å²) in [5.41, 5.74) is 0. The van der Waals surface area contributed by atoms with Gasteiger partial charge in [-0.3, -0.25) is 0 Å². The van der Waals surface area contributed by atoms with Gasteiger partial charge in [0.2, 0.25) is 0 Å². The molecule has 68 valence electrons. The summed E-state index contributed by atoms with van der Waals surface area (Å²) in [5.74, 6) is 0. The average molecular weight is 178 g/mol. The first kappa shape index (κ1) is 11.4. The molecule has 0 radical (unpaired) electrons. The van der Waals surface area contributed by atoms with E-state index >= 15 is 0 Å². The summed E-state index contributed by atoms with van der Waals surface area (Å²) in [5, 5.41) is 17.5. The minimum atomic E-state index is -0.338. The summed E-state index contributed by atoms with van der Waals surface area (Å²) in [7, 11) is 2.54. The van der Waals surface area contributed by atoms with Crippen LogP contribution in [0.3, 0.4) is 0 Å². The van der Waals surface area contributed by atoms with Gasteiger partial charge in [-0.1, -0.05) is 26.2 Å². The molecule has 0 aliphatic heterocycles. The van der Waals surface area contributed by atoms with Crippen LogP contribution in [0.25, 0.3) is 0 Å². The van der Waals surface area contributed by atoms with Crippen molar-refractivity contribution in [1.82, 2.24) is 0 Å². The fraction of sp³-hybridized carbons (Fsp3) is 1.00. The molecule has 0 amide bonds. The van der Waals surface area contributed by atoms with Gasteiger partial charge in [-0.05, 0) is 6.42 Å². The lowest BCUT2D eigenvalue weighted by Gasteiger charge is -2.23. The van der Waals surface area contributed by atoms with Crippen molar-refractivity contribution >= 4 is 9.24 Å². The maximum atomic E-state index is 8.90. The molecule has 3 heteroatoms. The number of hydrogen-bond acceptors (Lipinski definition) is 2. The van der Waals surface area contributed by atoms with E-state index in [9.17, 15) is 0 Å². The molecular formula is C8H19O2P. The Morgan fingerprint density at radius 2 is 1.73 bits per heavy atom. The second-order valence-electron chi connectivity index (χ2n) is 3.14. The normalized spacial score (nSPS) is 12.0. The minimum Gasteiger partial charge on any atom is -0.395 e. The zero-order valence-corrected chi connectivity index (χ0v) is 8.37. The molecule has 0 rings (SSSR count). The Morgan fingerprint density at radius 1 is 1.18 bits per heavy atom. The third-order valence-corrected chi connectivity index (χ3v) is 2.56. The van der Waals surface area contributed by atoms with E-state index in [-0.39, 0.29) is 18.4 Å². The van der Waals surface area contributed by atoms with Crippen LogP contribution in [0.15, 0.2) is 0 Å². The van der Waals surface area contributed by atoms with Gasteiger partial charge in [-0.2, -0.15) is 0 Å². The van der Waals surface area contributed by atoms with Crippen LogP contribution in [-0.4, -0.2) is 28.6 Å². The number of unbranched alkanes of at least 4 members (excludes halogenated alkanes) is 2. The van der Waals surface area contributed by atoms with Crippen molar-refractivity contribution in [3.63, 3.8) is 0 Å². The number of hydrogen-bond donors (Lipinski definition) is 2. The predicted molar refractivity (Wildman–Crippen MR) is 50.8 cm³/mol. The standard InChI is InChI=1S/C8H19O2P/c1-2-3-4-5-8(11,6-9)7-10/h9-10H,2-7,11H2,1H3. The van der Waals surface area contributed by atoms with Crippen molar-refractivity contribution in [2.24, 2.45) is 0 Å². The molecule has 1 unspecified atom stereocenters. The van der Waals surface area contributed by atoms with E-state index in [0.717, 1.165) is 12.8 Å². The summed E-state index contributed by atoms with van der Waals surface area (Å²) in [6.07, 6.45) is 4.33. The maximum Gasteiger partial charge on any atom is 0.0543 e. The Kier molecular flexibility index (Phi) is 6.12. The second-order valence-corrected chi connectivity index (χ2v) is 4.36. The van der Waals surface area contributed by atoms with E-state index in [1.165, 1.54) is 12.8 Å². The van der Waals surface area contributed by atoms with E-state index in [4.69, 9.17) is 10.2 Å². The highest BCUT2D eigenvalue weighted by Gasteiger charge is 2.21. The Labute approximate surface area is 71.2 Å². The van der Waals surface area contributed by atoms with Gasteiger partial charge in [0.25, 0.3) is 0 Å². The molecule has 0 aliphatic rings. The first-order valence-electron chi connectivity index (χ1n) is 4.19. The van der Waals surface area contributed by atoms with Crippen molar-refractivity contribution in [2.45, 2.75) is 37.8 Å². The van der Waals surface area contributed by atoms with Crippen LogP contribution in [0.5, 0.6) is 0 Å². The third kappa shape index (κ3) is 4.73. The fourth-order valence-electron chi connectivity index (χ4n) is 0.935. The van der Waals surface area contributed by atoms with Crippen LogP contribution < -0.4 is 0 Å². The second kappa shape index (κ2) is 5.93. The molecule has 0 aromatic rings. The zero-order chi connectivity index (χ0) is 8.74. The number of aliphatic hydroxyl groups is 2. The molecule has 2 N–H and O–H groups in total. The van der Waals surface area contributed by atoms with Crippen LogP contribution in [0.2, 0.25) is 0 Å². The van der Waals surface area contributed by atoms with Gasteiger partial charge in [0.15, 0.2) is 0 Å². The number of aliphatic hydroxyl groups excluding tert-OH is 2. The monoisotopic (exact) mass is 178 g/mol. The molecule has 0 saturated heterocycles. The van der Waals surface area contributed by atoms with Gasteiger partial charge in [-0.15, -0.1) is 9.24 Å². The molecular weight excluding hydrogens is 159 g/mol.